The van der Waals surface area contributed by atoms with Crippen LogP contribution in [0.1, 0.15) is 101 Å². The molecule has 320 valence electrons. The van der Waals surface area contributed by atoms with E-state index >= 15 is 0 Å². The molecule has 13 heteroatoms. The smallest absolute Gasteiger partial charge is 0.485 e. The minimum Gasteiger partial charge on any atom is -0.741 e. The van der Waals surface area contributed by atoms with Crippen molar-refractivity contribution < 1.29 is 39.5 Å². The van der Waals surface area contributed by atoms with Gasteiger partial charge in [0.05, 0.1) is 18.0 Å². The van der Waals surface area contributed by atoms with E-state index in [1.54, 1.807) is 0 Å². The number of para-hydroxylation sites is 2. The van der Waals surface area contributed by atoms with Gasteiger partial charge in [0.2, 0.25) is 5.44 Å². The summed E-state index contributed by atoms with van der Waals surface area (Å²) in [4.78, 5) is 0. The van der Waals surface area contributed by atoms with Crippen LogP contribution in [0.15, 0.2) is 121 Å². The van der Waals surface area contributed by atoms with Gasteiger partial charge in [0.25, 0.3) is 6.33 Å². The summed E-state index contributed by atoms with van der Waals surface area (Å²) < 4.78 is 87.3. The fourth-order valence-corrected chi connectivity index (χ4v) is 10.9. The van der Waals surface area contributed by atoms with Crippen LogP contribution in [0.4, 0.5) is 22.0 Å². The van der Waals surface area contributed by atoms with E-state index in [9.17, 15) is 22.0 Å². The Morgan fingerprint density at radius 2 is 0.950 bits per heavy atom. The summed E-state index contributed by atoms with van der Waals surface area (Å²) in [6.45, 7) is 20.7. The van der Waals surface area contributed by atoms with E-state index in [0.717, 1.165) is 28.4 Å². The molecule has 6 aromatic rings. The van der Waals surface area contributed by atoms with E-state index in [-0.39, 0.29) is 0 Å². The SMILES string of the molecule is CC(C)c1cccc(C(C)C)c1-n1[c-][n+](-c2c(C(C)C)cccc2C(C)C)c([P+](C)(c2ccccc2)c2ccccc2)c1Cl.Fc1ccccc1F.O=S(=O)([O-])C(F)(F)F. The van der Waals surface area contributed by atoms with Crippen LogP contribution in [-0.4, -0.2) is 29.7 Å². The molecule has 0 fully saturated rings. The normalized spacial score (nSPS) is 12.1. The van der Waals surface area contributed by atoms with Crippen molar-refractivity contribution in [2.45, 2.75) is 84.6 Å². The van der Waals surface area contributed by atoms with E-state index in [1.807, 2.05) is 0 Å². The van der Waals surface area contributed by atoms with Gasteiger partial charge in [-0.05, 0) is 82.3 Å². The predicted molar refractivity (Wildman–Crippen MR) is 234 cm³/mol. The first-order valence-electron chi connectivity index (χ1n) is 19.5. The van der Waals surface area contributed by atoms with Gasteiger partial charge in [0, 0.05) is 0 Å². The number of aromatic nitrogens is 2. The Labute approximate surface area is 357 Å². The van der Waals surface area contributed by atoms with Crippen molar-refractivity contribution in [2.75, 3.05) is 6.66 Å². The monoisotopic (exact) mass is 884 g/mol. The Hall–Kier alpha value is -4.41. The molecule has 0 saturated carbocycles. The quantitative estimate of drug-likeness (QED) is 0.0363. The number of benzene rings is 5. The molecular formula is C47H51ClF5N2O3PS. The van der Waals surface area contributed by atoms with Crippen LogP contribution in [-0.2, 0) is 10.1 Å². The van der Waals surface area contributed by atoms with E-state index in [0.29, 0.717) is 23.7 Å². The molecule has 1 heterocycles. The molecule has 0 atom stereocenters. The van der Waals surface area contributed by atoms with Gasteiger partial charge in [-0.15, -0.1) is 0 Å². The zero-order valence-electron chi connectivity index (χ0n) is 35.1. The Kier molecular flexibility index (Phi) is 16.1. The van der Waals surface area contributed by atoms with E-state index < -0.39 is 34.5 Å². The van der Waals surface area contributed by atoms with Crippen LogP contribution in [0.25, 0.3) is 11.4 Å². The minimum absolute atomic E-state index is 0.325. The highest BCUT2D eigenvalue weighted by atomic mass is 35.5. The van der Waals surface area contributed by atoms with Crippen LogP contribution in [0, 0.1) is 18.0 Å². The van der Waals surface area contributed by atoms with E-state index in [1.165, 1.54) is 50.7 Å². The molecule has 0 radical (unpaired) electrons. The second-order valence-electron chi connectivity index (χ2n) is 15.6. The van der Waals surface area contributed by atoms with E-state index in [2.05, 4.69) is 175 Å². The summed E-state index contributed by atoms with van der Waals surface area (Å²) in [5.41, 5.74) is 3.02. The van der Waals surface area contributed by atoms with Crippen molar-refractivity contribution in [3.05, 3.63) is 167 Å². The third kappa shape index (κ3) is 10.7. The number of alkyl halides is 3. The van der Waals surface area contributed by atoms with Crippen molar-refractivity contribution in [2.24, 2.45) is 0 Å². The summed E-state index contributed by atoms with van der Waals surface area (Å²) in [5.74, 6) is -0.296. The Bertz CT molecular complexity index is 2360. The highest BCUT2D eigenvalue weighted by Crippen LogP contribution is 2.53. The molecule has 1 aromatic heterocycles. The fraction of sp³-hybridized carbons (Fsp3) is 0.298. The van der Waals surface area contributed by atoms with Gasteiger partial charge in [-0.1, -0.05) is 152 Å². The maximum Gasteiger partial charge on any atom is 0.485 e. The molecule has 0 aliphatic rings. The average molecular weight is 885 g/mol. The zero-order valence-corrected chi connectivity index (χ0v) is 37.6. The Balaban J connectivity index is 0.000000414. The number of imidazole rings is 1. The lowest BCUT2D eigenvalue weighted by Crippen LogP contribution is -2.51. The lowest BCUT2D eigenvalue weighted by Gasteiger charge is -2.27. The molecule has 5 nitrogen and oxygen atoms in total. The lowest BCUT2D eigenvalue weighted by molar-refractivity contribution is -0.581. The van der Waals surface area contributed by atoms with Gasteiger partial charge in [0.1, 0.15) is 17.9 Å². The van der Waals surface area contributed by atoms with Crippen LogP contribution in [0.3, 0.4) is 0 Å². The molecule has 0 N–H and O–H groups in total. The van der Waals surface area contributed by atoms with Crippen LogP contribution in [0.2, 0.25) is 5.15 Å². The first kappa shape index (κ1) is 48.3. The highest BCUT2D eigenvalue weighted by molar-refractivity contribution is 7.95. The first-order chi connectivity index (χ1) is 28.0. The van der Waals surface area contributed by atoms with E-state index in [4.69, 9.17) is 24.6 Å². The summed E-state index contributed by atoms with van der Waals surface area (Å²) in [6.07, 6.45) is 3.94. The predicted octanol–water partition coefficient (Wildman–Crippen LogP) is 11.6. The third-order valence-electron chi connectivity index (χ3n) is 10.0. The molecule has 0 unspecified atom stereocenters. The van der Waals surface area contributed by atoms with Gasteiger partial charge < -0.3 is 4.55 Å². The maximum absolute atomic E-state index is 11.9. The maximum atomic E-state index is 11.9. The molecule has 0 saturated heterocycles. The molecule has 0 bridgehead atoms. The molecule has 0 aliphatic heterocycles. The number of rotatable bonds is 9. The van der Waals surface area contributed by atoms with Crippen LogP contribution < -0.4 is 20.6 Å². The summed E-state index contributed by atoms with van der Waals surface area (Å²) in [7, 11) is -8.36. The zero-order chi connectivity index (χ0) is 44.7. The molecule has 60 heavy (non-hydrogen) atoms. The molecular weight excluding hydrogens is 834 g/mol. The number of halogens is 6. The highest BCUT2D eigenvalue weighted by Gasteiger charge is 2.47. The van der Waals surface area contributed by atoms with Crippen molar-refractivity contribution in [3.8, 4) is 11.4 Å². The first-order valence-corrected chi connectivity index (χ1v) is 23.5. The van der Waals surface area contributed by atoms with Gasteiger partial charge in [-0.2, -0.15) is 13.2 Å². The largest absolute Gasteiger partial charge is 0.741 e. The second kappa shape index (κ2) is 20.0. The van der Waals surface area contributed by atoms with Gasteiger partial charge >= 0.3 is 5.51 Å². The van der Waals surface area contributed by atoms with Crippen LogP contribution >= 0.6 is 18.9 Å². The molecule has 0 aliphatic carbocycles. The molecule has 6 rings (SSSR count). The Morgan fingerprint density at radius 3 is 1.27 bits per heavy atom. The number of hydrogen-bond donors (Lipinski definition) is 0. The molecule has 0 spiro atoms. The summed E-state index contributed by atoms with van der Waals surface area (Å²) in [6, 6.07) is 40.4. The summed E-state index contributed by atoms with van der Waals surface area (Å²) in [5, 5.41) is 3.32. The standard InChI is InChI=1S/C40H47ClN2P.C6H4F2.CHF3O3S/c1-27(2)33-22-16-23-34(28(3)4)37(33)42-26-43(38-35(29(5)6)24-17-25-36(38)30(7)8)40(39(42)41)44(9,31-18-12-10-13-19-31)32-20-14-11-15-21-32;7-5-3-1-2-4-6(5)8;2-1(3,4)8(5,6)7/h10-25,27-30H,1-9H3;1-4H;(H,5,6,7)/q+1;;/p-1. The van der Waals surface area contributed by atoms with Crippen molar-refractivity contribution in [1.29, 1.82) is 0 Å². The fourth-order valence-electron chi connectivity index (χ4n) is 6.90. The van der Waals surface area contributed by atoms with Crippen LogP contribution in [0.5, 0.6) is 0 Å². The van der Waals surface area contributed by atoms with Gasteiger partial charge in [0.15, 0.2) is 26.9 Å². The van der Waals surface area contributed by atoms with Crippen molar-refractivity contribution in [3.63, 3.8) is 0 Å². The molecule has 5 aromatic carbocycles. The topological polar surface area (TPSA) is 66.0 Å². The van der Waals surface area contributed by atoms with Crippen molar-refractivity contribution >= 4 is 45.0 Å². The average Bonchev–Trinajstić information content (AvgIpc) is 3.54. The number of hydrogen-bond acceptors (Lipinski definition) is 3. The second-order valence-corrected chi connectivity index (χ2v) is 20.8. The van der Waals surface area contributed by atoms with Crippen molar-refractivity contribution in [1.82, 2.24) is 4.57 Å². The minimum atomic E-state index is -6.09. The summed E-state index contributed by atoms with van der Waals surface area (Å²) >= 11 is 7.85. The molecule has 0 amide bonds. The Morgan fingerprint density at radius 1 is 0.617 bits per heavy atom. The lowest BCUT2D eigenvalue weighted by atomic mass is 9.92. The van der Waals surface area contributed by atoms with Gasteiger partial charge in [-0.25, -0.2) is 17.2 Å². The third-order valence-corrected chi connectivity index (χ3v) is 15.0. The number of nitrogens with zero attached hydrogens (tertiary/aromatic N) is 2. The van der Waals surface area contributed by atoms with Gasteiger partial charge in [-0.3, -0.25) is 9.13 Å².